The number of anilines is 1. The lowest BCUT2D eigenvalue weighted by Gasteiger charge is -2.28. The Hall–Kier alpha value is -2.46. The lowest BCUT2D eigenvalue weighted by atomic mass is 10.1. The predicted octanol–water partition coefficient (Wildman–Crippen LogP) is 4.99. The zero-order valence-electron chi connectivity index (χ0n) is 12.8. The molecule has 1 aromatic heterocycles. The number of nitrogens with zero attached hydrogens (tertiary/aromatic N) is 3. The van der Waals surface area contributed by atoms with Crippen molar-refractivity contribution in [1.29, 1.82) is 0 Å². The van der Waals surface area contributed by atoms with Crippen LogP contribution in [0.4, 0.5) is 5.69 Å². The monoisotopic (exact) mass is 319 g/mol. The predicted molar refractivity (Wildman–Crippen MR) is 96.6 cm³/mol. The third-order valence-corrected chi connectivity index (χ3v) is 5.20. The molecule has 1 atom stereocenters. The lowest BCUT2D eigenvalue weighted by molar-refractivity contribution is 0.907. The zero-order chi connectivity index (χ0) is 15.6. The van der Waals surface area contributed by atoms with E-state index in [9.17, 15) is 0 Å². The van der Waals surface area contributed by atoms with Crippen LogP contribution >= 0.6 is 11.8 Å². The second-order valence-electron chi connectivity index (χ2n) is 5.52. The normalized spacial score (nSPS) is 17.3. The molecule has 1 aliphatic rings. The van der Waals surface area contributed by atoms with E-state index in [4.69, 9.17) is 0 Å². The Balaban J connectivity index is 1.73. The van der Waals surface area contributed by atoms with Crippen molar-refractivity contribution in [3.8, 4) is 5.69 Å². The fourth-order valence-electron chi connectivity index (χ4n) is 2.87. The van der Waals surface area contributed by atoms with E-state index < -0.39 is 0 Å². The van der Waals surface area contributed by atoms with Crippen LogP contribution in [0.2, 0.25) is 0 Å². The first-order valence-electron chi connectivity index (χ1n) is 7.58. The van der Waals surface area contributed by atoms with E-state index >= 15 is 0 Å². The third-order valence-electron chi connectivity index (χ3n) is 3.98. The standard InChI is InChI=1S/C19H17N3S/c1-15-13-23-19(16-6-3-2-4-7-16)22(15)18-9-5-8-17(12-18)21-11-10-20-14-21/h2-14,19H,1H3. The average molecular weight is 319 g/mol. The van der Waals surface area contributed by atoms with Gasteiger partial charge in [-0.05, 0) is 36.1 Å². The van der Waals surface area contributed by atoms with E-state index in [1.165, 1.54) is 16.9 Å². The summed E-state index contributed by atoms with van der Waals surface area (Å²) in [6, 6.07) is 19.2. The number of rotatable bonds is 3. The molecule has 0 spiro atoms. The van der Waals surface area contributed by atoms with E-state index in [2.05, 4.69) is 76.8 Å². The molecule has 3 aromatic rings. The summed E-state index contributed by atoms with van der Waals surface area (Å²) >= 11 is 1.85. The molecule has 4 rings (SSSR count). The van der Waals surface area contributed by atoms with E-state index in [-0.39, 0.29) is 5.37 Å². The number of hydrogen-bond acceptors (Lipinski definition) is 3. The molecule has 0 aliphatic carbocycles. The second-order valence-corrected chi connectivity index (χ2v) is 6.47. The van der Waals surface area contributed by atoms with Crippen molar-refractivity contribution in [3.63, 3.8) is 0 Å². The van der Waals surface area contributed by atoms with Gasteiger partial charge >= 0.3 is 0 Å². The average Bonchev–Trinajstić information content (AvgIpc) is 3.25. The Morgan fingerprint density at radius 1 is 1.00 bits per heavy atom. The third kappa shape index (κ3) is 2.66. The summed E-state index contributed by atoms with van der Waals surface area (Å²) in [5.74, 6) is 0. The number of imidazole rings is 1. The Morgan fingerprint density at radius 3 is 2.61 bits per heavy atom. The number of allylic oxidation sites excluding steroid dienone is 1. The summed E-state index contributed by atoms with van der Waals surface area (Å²) < 4.78 is 2.03. The van der Waals surface area contributed by atoms with Gasteiger partial charge in [-0.25, -0.2) is 4.98 Å². The summed E-state index contributed by atoms with van der Waals surface area (Å²) in [6.07, 6.45) is 5.60. The Morgan fingerprint density at radius 2 is 1.83 bits per heavy atom. The minimum absolute atomic E-state index is 0.286. The summed E-state index contributed by atoms with van der Waals surface area (Å²) in [7, 11) is 0. The van der Waals surface area contributed by atoms with Crippen LogP contribution in [-0.2, 0) is 0 Å². The quantitative estimate of drug-likeness (QED) is 0.679. The van der Waals surface area contributed by atoms with Crippen molar-refractivity contribution < 1.29 is 0 Å². The molecule has 1 aliphatic heterocycles. The van der Waals surface area contributed by atoms with Crippen molar-refractivity contribution in [2.45, 2.75) is 12.3 Å². The van der Waals surface area contributed by atoms with Gasteiger partial charge in [-0.15, -0.1) is 11.8 Å². The van der Waals surface area contributed by atoms with Gasteiger partial charge in [0.05, 0.1) is 6.33 Å². The van der Waals surface area contributed by atoms with Gasteiger partial charge in [0, 0.05) is 29.5 Å². The molecule has 3 nitrogen and oxygen atoms in total. The van der Waals surface area contributed by atoms with Gasteiger partial charge < -0.3 is 9.47 Å². The highest BCUT2D eigenvalue weighted by Gasteiger charge is 2.27. The first-order valence-corrected chi connectivity index (χ1v) is 8.52. The smallest absolute Gasteiger partial charge is 0.109 e. The molecule has 0 radical (unpaired) electrons. The Kier molecular flexibility index (Phi) is 3.67. The SMILES string of the molecule is CC1=CSC(c2ccccc2)N1c1cccc(-n2ccnc2)c1. The van der Waals surface area contributed by atoms with Gasteiger partial charge in [0.15, 0.2) is 0 Å². The molecule has 0 N–H and O–H groups in total. The highest BCUT2D eigenvalue weighted by Crippen LogP contribution is 2.45. The fourth-order valence-corrected chi connectivity index (χ4v) is 4.03. The molecule has 4 heteroatoms. The number of benzene rings is 2. The highest BCUT2D eigenvalue weighted by atomic mass is 32.2. The maximum absolute atomic E-state index is 4.14. The Bertz CT molecular complexity index is 825. The first kappa shape index (κ1) is 14.2. The summed E-state index contributed by atoms with van der Waals surface area (Å²) in [6.45, 7) is 2.17. The molecular formula is C19H17N3S. The van der Waals surface area contributed by atoms with Crippen LogP contribution < -0.4 is 4.90 Å². The molecule has 2 heterocycles. The van der Waals surface area contributed by atoms with Crippen LogP contribution in [0.1, 0.15) is 17.9 Å². The van der Waals surface area contributed by atoms with Crippen LogP contribution in [0.5, 0.6) is 0 Å². The molecule has 0 saturated carbocycles. The van der Waals surface area contributed by atoms with E-state index in [0.717, 1.165) is 5.69 Å². The van der Waals surface area contributed by atoms with E-state index in [1.54, 1.807) is 6.20 Å². The molecular weight excluding hydrogens is 302 g/mol. The minimum atomic E-state index is 0.286. The maximum Gasteiger partial charge on any atom is 0.109 e. The van der Waals surface area contributed by atoms with Crippen LogP contribution in [0, 0.1) is 0 Å². The summed E-state index contributed by atoms with van der Waals surface area (Å²) in [5, 5.41) is 2.52. The molecule has 23 heavy (non-hydrogen) atoms. The summed E-state index contributed by atoms with van der Waals surface area (Å²) in [5.41, 5.74) is 4.91. The Labute approximate surface area is 140 Å². The molecule has 0 bridgehead atoms. The van der Waals surface area contributed by atoms with Crippen LogP contribution in [0.3, 0.4) is 0 Å². The van der Waals surface area contributed by atoms with E-state index in [0.29, 0.717) is 0 Å². The first-order chi connectivity index (χ1) is 11.3. The molecule has 0 saturated heterocycles. The van der Waals surface area contributed by atoms with Gasteiger partial charge in [0.25, 0.3) is 0 Å². The molecule has 2 aromatic carbocycles. The van der Waals surface area contributed by atoms with Gasteiger partial charge in [-0.3, -0.25) is 0 Å². The fraction of sp³-hybridized carbons (Fsp3) is 0.105. The molecule has 0 amide bonds. The molecule has 1 unspecified atom stereocenters. The minimum Gasteiger partial charge on any atom is -0.328 e. The maximum atomic E-state index is 4.14. The van der Waals surface area contributed by atoms with Gasteiger partial charge in [-0.2, -0.15) is 0 Å². The van der Waals surface area contributed by atoms with Crippen molar-refractivity contribution in [3.05, 3.63) is 90.0 Å². The molecule has 0 fully saturated rings. The van der Waals surface area contributed by atoms with E-state index in [1.807, 2.05) is 28.9 Å². The number of thioether (sulfide) groups is 1. The van der Waals surface area contributed by atoms with Crippen LogP contribution in [-0.4, -0.2) is 9.55 Å². The van der Waals surface area contributed by atoms with Crippen LogP contribution in [0.25, 0.3) is 5.69 Å². The highest BCUT2D eigenvalue weighted by molar-refractivity contribution is 8.02. The van der Waals surface area contributed by atoms with Crippen molar-refractivity contribution >= 4 is 17.4 Å². The zero-order valence-corrected chi connectivity index (χ0v) is 13.6. The largest absolute Gasteiger partial charge is 0.328 e. The van der Waals surface area contributed by atoms with Gasteiger partial charge in [0.1, 0.15) is 5.37 Å². The summed E-state index contributed by atoms with van der Waals surface area (Å²) in [4.78, 5) is 6.53. The molecule has 114 valence electrons. The topological polar surface area (TPSA) is 21.1 Å². The number of hydrogen-bond donors (Lipinski definition) is 0. The van der Waals surface area contributed by atoms with Crippen molar-refractivity contribution in [2.24, 2.45) is 0 Å². The van der Waals surface area contributed by atoms with Gasteiger partial charge in [-0.1, -0.05) is 36.4 Å². The van der Waals surface area contributed by atoms with Crippen molar-refractivity contribution in [1.82, 2.24) is 9.55 Å². The second kappa shape index (κ2) is 5.97. The number of aromatic nitrogens is 2. The lowest BCUT2D eigenvalue weighted by Crippen LogP contribution is -2.20. The van der Waals surface area contributed by atoms with Crippen LogP contribution in [0.15, 0.2) is 84.4 Å². The van der Waals surface area contributed by atoms with Gasteiger partial charge in [0.2, 0.25) is 0 Å². The van der Waals surface area contributed by atoms with Crippen molar-refractivity contribution in [2.75, 3.05) is 4.90 Å².